The third kappa shape index (κ3) is 5.59. The van der Waals surface area contributed by atoms with Gasteiger partial charge in [-0.2, -0.15) is 16.7 Å². The Morgan fingerprint density at radius 1 is 1.38 bits per heavy atom. The number of thioether (sulfide) groups is 1. The zero-order chi connectivity index (χ0) is 19.1. The fraction of sp³-hybridized carbons (Fsp3) is 0.444. The van der Waals surface area contributed by atoms with Crippen molar-refractivity contribution in [1.82, 2.24) is 20.4 Å². The Morgan fingerprint density at radius 2 is 2.15 bits per heavy atom. The summed E-state index contributed by atoms with van der Waals surface area (Å²) in [7, 11) is 1.66. The summed E-state index contributed by atoms with van der Waals surface area (Å²) in [6, 6.07) is 7.25. The Bertz CT molecular complexity index is 762. The number of carbonyl (C=O) groups is 2. The first-order valence-electron chi connectivity index (χ1n) is 8.31. The van der Waals surface area contributed by atoms with Gasteiger partial charge in [0, 0.05) is 19.5 Å². The minimum atomic E-state index is -0.552. The van der Waals surface area contributed by atoms with E-state index in [1.165, 1.54) is 11.8 Å². The monoisotopic (exact) mass is 376 g/mol. The van der Waals surface area contributed by atoms with Crippen LogP contribution in [0.5, 0.6) is 0 Å². The first kappa shape index (κ1) is 20.0. The van der Waals surface area contributed by atoms with Gasteiger partial charge >= 0.3 is 0 Å². The van der Waals surface area contributed by atoms with Crippen molar-refractivity contribution in [2.75, 3.05) is 19.1 Å². The number of nitrogens with one attached hydrogen (secondary N) is 1. The second kappa shape index (κ2) is 9.38. The molecule has 0 aliphatic heterocycles. The summed E-state index contributed by atoms with van der Waals surface area (Å²) in [5.74, 6) is 1.22. The van der Waals surface area contributed by atoms with Crippen LogP contribution in [0.25, 0.3) is 11.4 Å². The van der Waals surface area contributed by atoms with Crippen molar-refractivity contribution < 1.29 is 14.1 Å². The van der Waals surface area contributed by atoms with Gasteiger partial charge in [-0.15, -0.1) is 0 Å². The average molecular weight is 376 g/mol. The number of carbonyl (C=O) groups excluding carboxylic acids is 2. The molecule has 0 aliphatic carbocycles. The van der Waals surface area contributed by atoms with Crippen LogP contribution in [0.2, 0.25) is 0 Å². The minimum absolute atomic E-state index is 0.176. The molecule has 0 unspecified atom stereocenters. The number of rotatable bonds is 8. The Hall–Kier alpha value is -2.35. The normalized spacial score (nSPS) is 11.8. The van der Waals surface area contributed by atoms with Gasteiger partial charge in [0.15, 0.2) is 0 Å². The molecular weight excluding hydrogens is 352 g/mol. The lowest BCUT2D eigenvalue weighted by atomic mass is 10.1. The quantitative estimate of drug-likeness (QED) is 0.760. The van der Waals surface area contributed by atoms with Gasteiger partial charge in [0.05, 0.1) is 6.54 Å². The molecule has 26 heavy (non-hydrogen) atoms. The zero-order valence-electron chi connectivity index (χ0n) is 15.5. The summed E-state index contributed by atoms with van der Waals surface area (Å²) in [5, 5.41) is 6.69. The lowest BCUT2D eigenvalue weighted by Crippen LogP contribution is -2.46. The number of benzene rings is 1. The van der Waals surface area contributed by atoms with Crippen LogP contribution in [0.1, 0.15) is 24.8 Å². The number of aromatic nitrogens is 2. The van der Waals surface area contributed by atoms with E-state index in [-0.39, 0.29) is 18.4 Å². The molecule has 1 N–H and O–H groups in total. The average Bonchev–Trinajstić information content (AvgIpc) is 3.06. The van der Waals surface area contributed by atoms with Crippen molar-refractivity contribution in [1.29, 1.82) is 0 Å². The predicted molar refractivity (Wildman–Crippen MR) is 102 cm³/mol. The summed E-state index contributed by atoms with van der Waals surface area (Å²) in [6.45, 7) is 3.59. The summed E-state index contributed by atoms with van der Waals surface area (Å²) in [5.41, 5.74) is 1.97. The van der Waals surface area contributed by atoms with Crippen LogP contribution in [0, 0.1) is 6.92 Å². The van der Waals surface area contributed by atoms with Gasteiger partial charge < -0.3 is 14.7 Å². The fourth-order valence-electron chi connectivity index (χ4n) is 2.51. The Labute approximate surface area is 157 Å². The van der Waals surface area contributed by atoms with Crippen molar-refractivity contribution in [3.05, 3.63) is 35.7 Å². The molecule has 2 rings (SSSR count). The van der Waals surface area contributed by atoms with Crippen LogP contribution in [0.3, 0.4) is 0 Å². The van der Waals surface area contributed by atoms with Gasteiger partial charge in [-0.1, -0.05) is 28.9 Å². The van der Waals surface area contributed by atoms with Gasteiger partial charge in [0.25, 0.3) is 0 Å². The molecule has 140 valence electrons. The molecule has 0 saturated carbocycles. The highest BCUT2D eigenvalue weighted by Crippen LogP contribution is 2.17. The van der Waals surface area contributed by atoms with Crippen molar-refractivity contribution in [3.8, 4) is 11.4 Å². The molecule has 1 heterocycles. The lowest BCUT2D eigenvalue weighted by molar-refractivity contribution is -0.135. The number of nitrogens with zero attached hydrogens (tertiary/aromatic N) is 3. The van der Waals surface area contributed by atoms with Crippen LogP contribution in [-0.4, -0.2) is 52.0 Å². The molecule has 2 amide bonds. The highest BCUT2D eigenvalue weighted by atomic mass is 32.2. The van der Waals surface area contributed by atoms with Crippen LogP contribution in [0.15, 0.2) is 28.8 Å². The van der Waals surface area contributed by atoms with Gasteiger partial charge in [-0.05, 0) is 31.4 Å². The fourth-order valence-corrected chi connectivity index (χ4v) is 2.98. The Morgan fingerprint density at radius 3 is 2.81 bits per heavy atom. The molecule has 1 atom stereocenters. The molecule has 0 spiro atoms. The zero-order valence-corrected chi connectivity index (χ0v) is 16.3. The minimum Gasteiger partial charge on any atom is -0.345 e. The van der Waals surface area contributed by atoms with Crippen LogP contribution >= 0.6 is 11.8 Å². The summed E-state index contributed by atoms with van der Waals surface area (Å²) < 4.78 is 5.28. The SMILES string of the molecule is CSCC[C@H](NC(C)=O)C(=O)N(C)Cc1nc(-c2cccc(C)c2)no1. The third-order valence-corrected chi connectivity index (χ3v) is 4.42. The molecule has 0 aliphatic rings. The number of aryl methyl sites for hydroxylation is 1. The second-order valence-corrected chi connectivity index (χ2v) is 7.10. The van der Waals surface area contributed by atoms with E-state index in [2.05, 4.69) is 15.5 Å². The van der Waals surface area contributed by atoms with E-state index in [9.17, 15) is 9.59 Å². The van der Waals surface area contributed by atoms with Gasteiger partial charge in [-0.25, -0.2) is 0 Å². The molecular formula is C18H24N4O3S. The highest BCUT2D eigenvalue weighted by molar-refractivity contribution is 7.98. The van der Waals surface area contributed by atoms with Gasteiger partial charge in [-0.3, -0.25) is 9.59 Å². The standard InChI is InChI=1S/C18H24N4O3S/c1-12-6-5-7-14(10-12)17-20-16(25-21-17)11-22(3)18(24)15(8-9-26-4)19-13(2)23/h5-7,10,15H,8-9,11H2,1-4H3,(H,19,23)/t15-/m0/s1. The first-order valence-corrected chi connectivity index (χ1v) is 9.70. The number of hydrogen-bond acceptors (Lipinski definition) is 6. The Balaban J connectivity index is 2.04. The molecule has 0 fully saturated rings. The maximum atomic E-state index is 12.6. The van der Waals surface area contributed by atoms with E-state index < -0.39 is 6.04 Å². The largest absolute Gasteiger partial charge is 0.345 e. The summed E-state index contributed by atoms with van der Waals surface area (Å²) >= 11 is 1.63. The van der Waals surface area contributed by atoms with E-state index in [0.29, 0.717) is 18.1 Å². The maximum Gasteiger partial charge on any atom is 0.246 e. The first-order chi connectivity index (χ1) is 12.4. The van der Waals surface area contributed by atoms with Crippen molar-refractivity contribution in [2.45, 2.75) is 32.9 Å². The van der Waals surface area contributed by atoms with Gasteiger partial charge in [0.2, 0.25) is 23.5 Å². The van der Waals surface area contributed by atoms with E-state index >= 15 is 0 Å². The molecule has 2 aromatic rings. The van der Waals surface area contributed by atoms with E-state index in [1.54, 1.807) is 18.8 Å². The molecule has 1 aromatic heterocycles. The molecule has 1 aromatic carbocycles. The van der Waals surface area contributed by atoms with Crippen LogP contribution in [-0.2, 0) is 16.1 Å². The van der Waals surface area contributed by atoms with Crippen molar-refractivity contribution in [3.63, 3.8) is 0 Å². The molecule has 7 nitrogen and oxygen atoms in total. The van der Waals surface area contributed by atoms with Crippen molar-refractivity contribution in [2.24, 2.45) is 0 Å². The van der Waals surface area contributed by atoms with Crippen LogP contribution in [0.4, 0.5) is 0 Å². The predicted octanol–water partition coefficient (Wildman–Crippen LogP) is 2.26. The van der Waals surface area contributed by atoms with E-state index in [0.717, 1.165) is 16.9 Å². The second-order valence-electron chi connectivity index (χ2n) is 6.11. The van der Waals surface area contributed by atoms with Crippen molar-refractivity contribution >= 4 is 23.6 Å². The molecule has 0 bridgehead atoms. The van der Waals surface area contributed by atoms with E-state index in [1.807, 2.05) is 37.4 Å². The molecule has 8 heteroatoms. The summed E-state index contributed by atoms with van der Waals surface area (Å²) in [6.07, 6.45) is 2.53. The third-order valence-electron chi connectivity index (χ3n) is 3.78. The van der Waals surface area contributed by atoms with Gasteiger partial charge in [0.1, 0.15) is 6.04 Å². The van der Waals surface area contributed by atoms with E-state index in [4.69, 9.17) is 4.52 Å². The topological polar surface area (TPSA) is 88.3 Å². The Kier molecular flexibility index (Phi) is 7.20. The number of amides is 2. The smallest absolute Gasteiger partial charge is 0.246 e. The maximum absolute atomic E-state index is 12.6. The lowest BCUT2D eigenvalue weighted by Gasteiger charge is -2.23. The molecule has 0 radical (unpaired) electrons. The highest BCUT2D eigenvalue weighted by Gasteiger charge is 2.24. The summed E-state index contributed by atoms with van der Waals surface area (Å²) in [4.78, 5) is 29.8. The number of likely N-dealkylation sites (N-methyl/N-ethyl adjacent to an activating group) is 1. The number of hydrogen-bond donors (Lipinski definition) is 1. The van der Waals surface area contributed by atoms with Crippen LogP contribution < -0.4 is 5.32 Å². The molecule has 0 saturated heterocycles.